The summed E-state index contributed by atoms with van der Waals surface area (Å²) in [5.41, 5.74) is 0. The van der Waals surface area contributed by atoms with Gasteiger partial charge in [0.15, 0.2) is 0 Å². The van der Waals surface area contributed by atoms with Crippen LogP contribution >= 0.6 is 0 Å². The second kappa shape index (κ2) is 10.7. The van der Waals surface area contributed by atoms with Crippen LogP contribution in [0.3, 0.4) is 0 Å². The van der Waals surface area contributed by atoms with Crippen LogP contribution in [0.5, 0.6) is 0 Å². The number of hydrogen-bond donors (Lipinski definition) is 0. The molecule has 0 unspecified atom stereocenters. The van der Waals surface area contributed by atoms with E-state index in [-0.39, 0.29) is 27.7 Å². The van der Waals surface area contributed by atoms with Gasteiger partial charge >= 0.3 is 18.9 Å². The molecule has 4 heteroatoms. The Balaban J connectivity index is 0.000000176. The van der Waals surface area contributed by atoms with Crippen LogP contribution in [0, 0.1) is 11.8 Å². The normalized spacial score (nSPS) is 31.3. The quantitative estimate of drug-likeness (QED) is 0.645. The van der Waals surface area contributed by atoms with Crippen molar-refractivity contribution < 1.29 is 18.9 Å². The van der Waals surface area contributed by atoms with Crippen LogP contribution in [-0.4, -0.2) is 56.9 Å². The minimum atomic E-state index is -0.383. The molecule has 2 nitrogen and oxygen atoms in total. The van der Waals surface area contributed by atoms with Crippen molar-refractivity contribution in [2.45, 2.75) is 89.4 Å². The molecule has 4 aliphatic rings. The molecule has 1 aromatic carbocycles. The van der Waals surface area contributed by atoms with Gasteiger partial charge < -0.3 is 0 Å². The predicted molar refractivity (Wildman–Crippen MR) is 127 cm³/mol. The van der Waals surface area contributed by atoms with Crippen molar-refractivity contribution in [3.63, 3.8) is 0 Å². The van der Waals surface area contributed by atoms with Gasteiger partial charge in [-0.2, -0.15) is 16.8 Å². The molecule has 0 spiro atoms. The molecule has 4 fully saturated rings. The summed E-state index contributed by atoms with van der Waals surface area (Å²) >= 11 is 0. The van der Waals surface area contributed by atoms with E-state index in [1.807, 2.05) is 0 Å². The van der Waals surface area contributed by atoms with E-state index < -0.39 is 0 Å². The molecule has 4 saturated heterocycles. The largest absolute Gasteiger partial charge is 1.00 e. The summed E-state index contributed by atoms with van der Waals surface area (Å²) in [6, 6.07) is 12.8. The van der Waals surface area contributed by atoms with E-state index in [0.717, 1.165) is 23.9 Å². The molecule has 2 bridgehead atoms. The maximum absolute atomic E-state index is 2.87. The van der Waals surface area contributed by atoms with Crippen molar-refractivity contribution in [3.05, 3.63) is 30.3 Å². The van der Waals surface area contributed by atoms with E-state index in [4.69, 9.17) is 0 Å². The van der Waals surface area contributed by atoms with Gasteiger partial charge in [0, 0.05) is 25.2 Å². The fourth-order valence-corrected chi connectivity index (χ4v) is 7.93. The maximum Gasteiger partial charge on any atom is 1.00 e. The Hall–Kier alpha value is -0.0457. The Morgan fingerprint density at radius 3 is 1.77 bits per heavy atom. The van der Waals surface area contributed by atoms with E-state index in [9.17, 15) is 0 Å². The average molecular weight is 419 g/mol. The maximum atomic E-state index is 2.87. The minimum Gasteiger partial charge on any atom is -0.300 e. The predicted octanol–water partition coefficient (Wildman–Crippen LogP) is 2.17. The van der Waals surface area contributed by atoms with E-state index in [1.54, 1.807) is 6.42 Å². The standard InChI is InChI=1S/C15H26N2.C11H17Si.Li/c1-3-7-16-11-13-9-12(14(16)5-1)10-17-8-4-2-6-15(13)17;1-11(2,3)12(4)10-8-6-5-7-9-10;/h12-15H,1-11H2;5-9H,1-4H3;/q;-1;+1/t12-,13-,14-,15+;;/m1../s1. The third-order valence-electron chi connectivity index (χ3n) is 8.29. The molecule has 5 rings (SSSR count). The van der Waals surface area contributed by atoms with E-state index in [2.05, 4.69) is 67.4 Å². The fraction of sp³-hybridized carbons (Fsp3) is 0.769. The first-order valence-electron chi connectivity index (χ1n) is 12.3. The van der Waals surface area contributed by atoms with Crippen LogP contribution in [0.15, 0.2) is 30.3 Å². The SMILES string of the molecule is C1CCN2C[C@H]3C[C@H](CN4CCCC[C@@H]34)[C@H]2C1.C[Si-](c1ccccc1)C(C)(C)C.[Li+]. The molecule has 30 heavy (non-hydrogen) atoms. The van der Waals surface area contributed by atoms with Crippen molar-refractivity contribution in [1.29, 1.82) is 0 Å². The zero-order chi connectivity index (χ0) is 20.4. The summed E-state index contributed by atoms with van der Waals surface area (Å²) in [6.45, 7) is 15.1. The molecule has 0 saturated carbocycles. The molecule has 0 N–H and O–H groups in total. The number of piperidine rings is 4. The molecule has 0 amide bonds. The van der Waals surface area contributed by atoms with E-state index in [0.29, 0.717) is 5.04 Å². The second-order valence-electron chi connectivity index (χ2n) is 11.1. The first-order valence-corrected chi connectivity index (χ1v) is 14.3. The van der Waals surface area contributed by atoms with Gasteiger partial charge in [-0.25, -0.2) is 0 Å². The van der Waals surface area contributed by atoms with Crippen molar-refractivity contribution >= 4 is 14.0 Å². The Morgan fingerprint density at radius 2 is 1.30 bits per heavy atom. The van der Waals surface area contributed by atoms with Gasteiger partial charge in [0.25, 0.3) is 0 Å². The Labute approximate surface area is 200 Å². The second-order valence-corrected chi connectivity index (χ2v) is 14.4. The van der Waals surface area contributed by atoms with E-state index >= 15 is 0 Å². The van der Waals surface area contributed by atoms with Gasteiger partial charge in [0.2, 0.25) is 0 Å². The number of fused-ring (bicyclic) bond motifs is 6. The third-order valence-corrected chi connectivity index (χ3v) is 11.7. The van der Waals surface area contributed by atoms with Gasteiger partial charge in [0.05, 0.1) is 0 Å². The van der Waals surface area contributed by atoms with Crippen molar-refractivity contribution in [3.8, 4) is 0 Å². The van der Waals surface area contributed by atoms with E-state index in [1.165, 1.54) is 69.9 Å². The van der Waals surface area contributed by atoms with Crippen LogP contribution in [0.2, 0.25) is 11.6 Å². The van der Waals surface area contributed by atoms with Gasteiger partial charge in [-0.1, -0.05) is 63.9 Å². The summed E-state index contributed by atoms with van der Waals surface area (Å²) in [6.07, 6.45) is 10.5. The molecule has 0 aliphatic carbocycles. The van der Waals surface area contributed by atoms with Crippen LogP contribution in [0.1, 0.15) is 65.7 Å². The number of rotatable bonds is 1. The molecule has 162 valence electrons. The molecule has 0 aromatic heterocycles. The smallest absolute Gasteiger partial charge is 0.300 e. The Kier molecular flexibility index (Phi) is 8.78. The monoisotopic (exact) mass is 418 g/mol. The topological polar surface area (TPSA) is 6.48 Å². The summed E-state index contributed by atoms with van der Waals surface area (Å²) < 4.78 is 0. The summed E-state index contributed by atoms with van der Waals surface area (Å²) in [7, 11) is -0.383. The number of benzene rings is 1. The first kappa shape index (κ1) is 24.6. The number of nitrogens with zero attached hydrogens (tertiary/aromatic N) is 2. The van der Waals surface area contributed by atoms with Crippen LogP contribution in [0.4, 0.5) is 0 Å². The van der Waals surface area contributed by atoms with Crippen LogP contribution in [0.25, 0.3) is 0 Å². The summed E-state index contributed by atoms with van der Waals surface area (Å²) in [5.74, 6) is 2.03. The van der Waals surface area contributed by atoms with Gasteiger partial charge in [-0.3, -0.25) is 18.6 Å². The summed E-state index contributed by atoms with van der Waals surface area (Å²) in [4.78, 5) is 5.74. The van der Waals surface area contributed by atoms with Gasteiger partial charge in [-0.05, 0) is 57.0 Å². The number of hydrogen-bond acceptors (Lipinski definition) is 2. The molecule has 4 atom stereocenters. The fourth-order valence-electron chi connectivity index (χ4n) is 6.37. The first-order chi connectivity index (χ1) is 13.9. The average Bonchev–Trinajstić information content (AvgIpc) is 2.74. The van der Waals surface area contributed by atoms with Gasteiger partial charge in [-0.15, -0.1) is 0 Å². The molecule has 4 aliphatic heterocycles. The van der Waals surface area contributed by atoms with Crippen molar-refractivity contribution in [2.75, 3.05) is 26.2 Å². The van der Waals surface area contributed by atoms with Crippen molar-refractivity contribution in [2.24, 2.45) is 11.8 Å². The molecule has 4 heterocycles. The van der Waals surface area contributed by atoms with Crippen LogP contribution < -0.4 is 24.0 Å². The zero-order valence-electron chi connectivity index (χ0n) is 20.4. The van der Waals surface area contributed by atoms with Crippen molar-refractivity contribution in [1.82, 2.24) is 9.80 Å². The zero-order valence-corrected chi connectivity index (χ0v) is 21.4. The molecule has 0 radical (unpaired) electrons. The molecular formula is C26H43LiN2Si. The third kappa shape index (κ3) is 5.65. The Morgan fingerprint density at radius 1 is 0.800 bits per heavy atom. The van der Waals surface area contributed by atoms with Gasteiger partial charge in [0.1, 0.15) is 0 Å². The Bertz CT molecular complexity index is 618. The minimum absolute atomic E-state index is 0. The summed E-state index contributed by atoms with van der Waals surface area (Å²) in [5, 5.41) is 2.00. The van der Waals surface area contributed by atoms with Crippen LogP contribution in [-0.2, 0) is 0 Å². The molecular weight excluding hydrogens is 375 g/mol. The molecule has 1 aromatic rings.